The fourth-order valence-electron chi connectivity index (χ4n) is 6.18. The highest BCUT2D eigenvalue weighted by molar-refractivity contribution is 5.87. The van der Waals surface area contributed by atoms with E-state index in [0.29, 0.717) is 5.92 Å². The van der Waals surface area contributed by atoms with E-state index < -0.39 is 0 Å². The number of anilines is 2. The first kappa shape index (κ1) is 24.8. The fraction of sp³-hybridized carbons (Fsp3) is 0.643. The van der Waals surface area contributed by atoms with Crippen LogP contribution in [0.2, 0.25) is 0 Å². The van der Waals surface area contributed by atoms with Crippen LogP contribution in [-0.2, 0) is 24.2 Å². The van der Waals surface area contributed by atoms with Gasteiger partial charge in [-0.1, -0.05) is 34.3 Å². The zero-order valence-corrected chi connectivity index (χ0v) is 22.3. The summed E-state index contributed by atoms with van der Waals surface area (Å²) in [5, 5.41) is 8.29. The minimum absolute atomic E-state index is 0.0335. The Morgan fingerprint density at radius 2 is 2.03 bits per heavy atom. The number of nitrogens with zero attached hydrogens (tertiary/aromatic N) is 6. The molecule has 5 rings (SSSR count). The monoisotopic (exact) mass is 491 g/mol. The van der Waals surface area contributed by atoms with Gasteiger partial charge in [0.25, 0.3) is 0 Å². The van der Waals surface area contributed by atoms with Gasteiger partial charge < -0.3 is 15.1 Å². The topological polar surface area (TPSA) is 79.2 Å². The van der Waals surface area contributed by atoms with E-state index in [1.807, 2.05) is 28.0 Å². The minimum Gasteiger partial charge on any atom is -0.365 e. The number of hydrogen-bond acceptors (Lipinski definition) is 6. The molecule has 1 unspecified atom stereocenters. The number of carbonyl (C=O) groups is 1. The lowest BCUT2D eigenvalue weighted by Gasteiger charge is -2.47. The molecule has 1 atom stereocenters. The number of rotatable bonds is 8. The molecular weight excluding hydrogens is 450 g/mol. The number of amides is 1. The van der Waals surface area contributed by atoms with Gasteiger partial charge >= 0.3 is 0 Å². The predicted octanol–water partition coefficient (Wildman–Crippen LogP) is 3.94. The Balaban J connectivity index is 1.40. The van der Waals surface area contributed by atoms with E-state index in [-0.39, 0.29) is 22.8 Å². The average molecular weight is 492 g/mol. The number of fused-ring (bicyclic) bond motifs is 1. The third-order valence-electron chi connectivity index (χ3n) is 8.10. The van der Waals surface area contributed by atoms with Crippen molar-refractivity contribution in [3.63, 3.8) is 0 Å². The average Bonchev–Trinajstić information content (AvgIpc) is 3.46. The first-order valence-electron chi connectivity index (χ1n) is 13.5. The molecule has 8 heteroatoms. The fourth-order valence-corrected chi connectivity index (χ4v) is 6.18. The molecule has 2 aromatic heterocycles. The Hall–Kier alpha value is -2.90. The van der Waals surface area contributed by atoms with Crippen molar-refractivity contribution in [1.29, 1.82) is 0 Å². The van der Waals surface area contributed by atoms with E-state index >= 15 is 0 Å². The van der Waals surface area contributed by atoms with Crippen LogP contribution in [0.1, 0.15) is 58.2 Å². The zero-order chi connectivity index (χ0) is 25.5. The molecule has 8 nitrogen and oxygen atoms in total. The van der Waals surface area contributed by atoms with Gasteiger partial charge in [0.2, 0.25) is 11.9 Å². The van der Waals surface area contributed by atoms with Crippen molar-refractivity contribution in [1.82, 2.24) is 24.6 Å². The lowest BCUT2D eigenvalue weighted by Crippen LogP contribution is -2.59. The Bertz CT molecular complexity index is 1100. The summed E-state index contributed by atoms with van der Waals surface area (Å²) in [5.41, 5.74) is 2.88. The molecule has 1 spiro atoms. The number of aromatic nitrogens is 4. The summed E-state index contributed by atoms with van der Waals surface area (Å²) in [5.74, 6) is 2.43. The van der Waals surface area contributed by atoms with Crippen LogP contribution in [0.5, 0.6) is 0 Å². The van der Waals surface area contributed by atoms with Crippen molar-refractivity contribution in [2.75, 3.05) is 36.4 Å². The second-order valence-electron chi connectivity index (χ2n) is 12.4. The van der Waals surface area contributed by atoms with Crippen LogP contribution in [0.3, 0.4) is 0 Å². The summed E-state index contributed by atoms with van der Waals surface area (Å²) in [6.07, 6.45) is 10.5. The van der Waals surface area contributed by atoms with Crippen molar-refractivity contribution in [3.05, 3.63) is 42.4 Å². The van der Waals surface area contributed by atoms with Crippen LogP contribution in [-0.4, -0.2) is 62.8 Å². The summed E-state index contributed by atoms with van der Waals surface area (Å²) in [4.78, 5) is 26.5. The van der Waals surface area contributed by atoms with Gasteiger partial charge in [-0.25, -0.2) is 4.98 Å². The SMILES string of the molecule is C=CC(=O)N1CC2(CCN(c3nc4c(c(NC(CC(C)C)Cn5cccn5)n3)CCC(C)(C)C4)C2)C1. The van der Waals surface area contributed by atoms with E-state index in [0.717, 1.165) is 76.6 Å². The third kappa shape index (κ3) is 5.13. The van der Waals surface area contributed by atoms with Crippen molar-refractivity contribution < 1.29 is 4.79 Å². The van der Waals surface area contributed by atoms with Crippen LogP contribution in [0, 0.1) is 16.7 Å². The van der Waals surface area contributed by atoms with E-state index in [1.54, 1.807) is 0 Å². The second-order valence-corrected chi connectivity index (χ2v) is 12.4. The van der Waals surface area contributed by atoms with Gasteiger partial charge in [-0.2, -0.15) is 10.1 Å². The lowest BCUT2D eigenvalue weighted by molar-refractivity contribution is -0.136. The molecular formula is C28H41N7O. The van der Waals surface area contributed by atoms with Gasteiger partial charge in [0.15, 0.2) is 0 Å². The predicted molar refractivity (Wildman–Crippen MR) is 143 cm³/mol. The Kier molecular flexibility index (Phi) is 6.55. The molecule has 0 bridgehead atoms. The van der Waals surface area contributed by atoms with Crippen LogP contribution < -0.4 is 10.2 Å². The summed E-state index contributed by atoms with van der Waals surface area (Å²) in [6.45, 7) is 17.1. The van der Waals surface area contributed by atoms with Gasteiger partial charge in [0.1, 0.15) is 5.82 Å². The Morgan fingerprint density at radius 1 is 1.22 bits per heavy atom. The van der Waals surface area contributed by atoms with Crippen LogP contribution in [0.25, 0.3) is 0 Å². The maximum atomic E-state index is 12.0. The van der Waals surface area contributed by atoms with Crippen molar-refractivity contribution in [3.8, 4) is 0 Å². The number of carbonyl (C=O) groups excluding carboxylic acids is 1. The second kappa shape index (κ2) is 9.52. The molecule has 194 valence electrons. The molecule has 2 saturated heterocycles. The molecule has 1 N–H and O–H groups in total. The molecule has 2 aliphatic heterocycles. The largest absolute Gasteiger partial charge is 0.365 e. The van der Waals surface area contributed by atoms with Crippen LogP contribution >= 0.6 is 0 Å². The summed E-state index contributed by atoms with van der Waals surface area (Å²) >= 11 is 0. The van der Waals surface area contributed by atoms with E-state index in [9.17, 15) is 4.79 Å². The minimum atomic E-state index is 0.0335. The van der Waals surface area contributed by atoms with Crippen molar-refractivity contribution >= 4 is 17.7 Å². The molecule has 1 amide bonds. The van der Waals surface area contributed by atoms with E-state index in [4.69, 9.17) is 9.97 Å². The highest BCUT2D eigenvalue weighted by Gasteiger charge is 2.49. The first-order chi connectivity index (χ1) is 17.2. The summed E-state index contributed by atoms with van der Waals surface area (Å²) < 4.78 is 2.01. The molecule has 3 aliphatic rings. The smallest absolute Gasteiger partial charge is 0.245 e. The Morgan fingerprint density at radius 3 is 2.72 bits per heavy atom. The number of hydrogen-bond donors (Lipinski definition) is 1. The third-order valence-corrected chi connectivity index (χ3v) is 8.10. The molecule has 1 aliphatic carbocycles. The standard InChI is InChI=1S/C28H41N7O/c1-6-24(36)34-18-28(19-34)10-13-33(17-28)26-31-23-15-27(4,5)9-8-22(23)25(32-26)30-21(14-20(2)3)16-35-12-7-11-29-35/h6-7,11-12,20-21H,1,8-10,13-19H2,2-5H3,(H,30,31,32). The van der Waals surface area contributed by atoms with Gasteiger partial charge in [0.05, 0.1) is 12.2 Å². The highest BCUT2D eigenvalue weighted by Crippen LogP contribution is 2.42. The first-order valence-corrected chi connectivity index (χ1v) is 13.5. The van der Waals surface area contributed by atoms with Crippen LogP contribution in [0.15, 0.2) is 31.1 Å². The molecule has 2 fully saturated rings. The molecule has 0 saturated carbocycles. The maximum absolute atomic E-state index is 12.0. The number of likely N-dealkylation sites (tertiary alicyclic amines) is 1. The van der Waals surface area contributed by atoms with Crippen molar-refractivity contribution in [2.24, 2.45) is 16.7 Å². The summed E-state index contributed by atoms with van der Waals surface area (Å²) in [6, 6.07) is 2.22. The van der Waals surface area contributed by atoms with Crippen LogP contribution in [0.4, 0.5) is 11.8 Å². The maximum Gasteiger partial charge on any atom is 0.245 e. The molecule has 2 aromatic rings. The van der Waals surface area contributed by atoms with Gasteiger partial charge in [-0.3, -0.25) is 9.48 Å². The summed E-state index contributed by atoms with van der Waals surface area (Å²) in [7, 11) is 0. The zero-order valence-electron chi connectivity index (χ0n) is 22.3. The van der Waals surface area contributed by atoms with E-state index in [1.165, 1.54) is 17.3 Å². The quantitative estimate of drug-likeness (QED) is 0.564. The van der Waals surface area contributed by atoms with Gasteiger partial charge in [-0.15, -0.1) is 0 Å². The van der Waals surface area contributed by atoms with Gasteiger partial charge in [0, 0.05) is 55.6 Å². The molecule has 0 radical (unpaired) electrons. The normalized spacial score (nSPS) is 20.8. The van der Waals surface area contributed by atoms with Gasteiger partial charge in [-0.05, 0) is 55.6 Å². The molecule has 0 aromatic carbocycles. The molecule has 36 heavy (non-hydrogen) atoms. The highest BCUT2D eigenvalue weighted by atomic mass is 16.2. The van der Waals surface area contributed by atoms with E-state index in [2.05, 4.69) is 49.6 Å². The Labute approximate surface area is 215 Å². The lowest BCUT2D eigenvalue weighted by atomic mass is 9.76. The number of nitrogens with one attached hydrogen (secondary N) is 1. The molecule has 4 heterocycles. The van der Waals surface area contributed by atoms with Crippen molar-refractivity contribution in [2.45, 2.75) is 72.4 Å².